The summed E-state index contributed by atoms with van der Waals surface area (Å²) in [6, 6.07) is 16.4. The molecule has 240 valence electrons. The van der Waals surface area contributed by atoms with Crippen LogP contribution in [0.15, 0.2) is 58.4 Å². The van der Waals surface area contributed by atoms with Gasteiger partial charge in [-0.25, -0.2) is 0 Å². The van der Waals surface area contributed by atoms with E-state index in [4.69, 9.17) is 4.74 Å². The highest BCUT2D eigenvalue weighted by atomic mass is 32.2. The van der Waals surface area contributed by atoms with E-state index in [1.54, 1.807) is 21.2 Å². The summed E-state index contributed by atoms with van der Waals surface area (Å²) in [6.45, 7) is 10.7. The fourth-order valence-electron chi connectivity index (χ4n) is 8.81. The number of fused-ring (bicyclic) bond motifs is 9. The lowest BCUT2D eigenvalue weighted by molar-refractivity contribution is -0.136. The second-order valence-electron chi connectivity index (χ2n) is 14.6. The molecule has 2 saturated carbocycles. The van der Waals surface area contributed by atoms with Crippen LogP contribution in [0.3, 0.4) is 0 Å². The number of ether oxygens (including phenoxy) is 1. The van der Waals surface area contributed by atoms with E-state index in [0.29, 0.717) is 32.0 Å². The van der Waals surface area contributed by atoms with Crippen molar-refractivity contribution < 1.29 is 19.1 Å². The highest BCUT2D eigenvalue weighted by Crippen LogP contribution is 2.69. The van der Waals surface area contributed by atoms with Gasteiger partial charge < -0.3 is 9.64 Å². The molecule has 2 aromatic carbocycles. The first-order valence-corrected chi connectivity index (χ1v) is 18.0. The van der Waals surface area contributed by atoms with Crippen LogP contribution in [0.2, 0.25) is 0 Å². The quantitative estimate of drug-likeness (QED) is 0.365. The van der Waals surface area contributed by atoms with Gasteiger partial charge in [0.2, 0.25) is 17.7 Å². The van der Waals surface area contributed by atoms with Crippen LogP contribution in [0.25, 0.3) is 0 Å². The van der Waals surface area contributed by atoms with Crippen molar-refractivity contribution in [3.05, 3.63) is 79.8 Å². The van der Waals surface area contributed by atoms with E-state index >= 15 is 0 Å². The number of hydrogen-bond acceptors (Lipinski definition) is 7. The maximum atomic E-state index is 14.1. The number of carbonyl (C=O) groups is 3. The zero-order valence-electron chi connectivity index (χ0n) is 26.6. The number of nitrogens with zero attached hydrogens (tertiary/aromatic N) is 3. The average molecular weight is 658 g/mol. The molecule has 2 bridgehead atoms. The number of aromatic nitrogens is 1. The first kappa shape index (κ1) is 30.1. The normalized spacial score (nSPS) is 30.0. The van der Waals surface area contributed by atoms with E-state index in [2.05, 4.69) is 45.0 Å². The van der Waals surface area contributed by atoms with E-state index in [1.807, 2.05) is 31.2 Å². The topological polar surface area (TPSA) is 88.9 Å². The molecule has 3 amide bonds. The maximum Gasteiger partial charge on any atom is 0.308 e. The zero-order valence-corrected chi connectivity index (χ0v) is 28.2. The number of imide groups is 1. The predicted molar refractivity (Wildman–Crippen MR) is 178 cm³/mol. The number of aryl methyl sites for hydroxylation is 1. The molecular formula is C36H39N3O5S2. The van der Waals surface area contributed by atoms with Gasteiger partial charge in [-0.3, -0.25) is 28.6 Å². The Balaban J connectivity index is 1.20. The fraction of sp³-hybridized carbons (Fsp3) is 0.500. The molecule has 3 aliphatic heterocycles. The van der Waals surface area contributed by atoms with Gasteiger partial charge in [-0.1, -0.05) is 74.1 Å². The molecule has 7 unspecified atom stereocenters. The highest BCUT2D eigenvalue weighted by molar-refractivity contribution is 8.00. The van der Waals surface area contributed by atoms with Crippen LogP contribution in [-0.2, 0) is 31.1 Å². The number of benzene rings is 2. The zero-order chi connectivity index (χ0) is 32.1. The van der Waals surface area contributed by atoms with Crippen LogP contribution in [0, 0.1) is 36.5 Å². The third kappa shape index (κ3) is 4.58. The van der Waals surface area contributed by atoms with Crippen molar-refractivity contribution in [2.75, 3.05) is 31.2 Å². The summed E-state index contributed by atoms with van der Waals surface area (Å²) < 4.78 is 7.12. The van der Waals surface area contributed by atoms with Crippen molar-refractivity contribution in [2.24, 2.45) is 29.6 Å². The smallest absolute Gasteiger partial charge is 0.308 e. The van der Waals surface area contributed by atoms with Gasteiger partial charge in [0.1, 0.15) is 6.54 Å². The molecule has 0 radical (unpaired) electrons. The summed E-state index contributed by atoms with van der Waals surface area (Å²) in [5, 5.41) is 0.929. The summed E-state index contributed by atoms with van der Waals surface area (Å²) in [6.07, 6.45) is 0.833. The van der Waals surface area contributed by atoms with Gasteiger partial charge in [0.05, 0.1) is 35.8 Å². The Morgan fingerprint density at radius 3 is 2.22 bits per heavy atom. The molecular weight excluding hydrogens is 619 g/mol. The Bertz CT molecular complexity index is 1780. The minimum atomic E-state index is -0.355. The molecule has 7 atom stereocenters. The molecule has 0 spiro atoms. The number of anilines is 1. The van der Waals surface area contributed by atoms with Crippen LogP contribution in [0.5, 0.6) is 0 Å². The molecule has 8 nitrogen and oxygen atoms in total. The Hall–Kier alpha value is -3.21. The molecule has 4 fully saturated rings. The van der Waals surface area contributed by atoms with Crippen LogP contribution in [0.1, 0.15) is 54.7 Å². The molecule has 46 heavy (non-hydrogen) atoms. The number of thioether (sulfide) groups is 1. The first-order valence-electron chi connectivity index (χ1n) is 16.3. The lowest BCUT2D eigenvalue weighted by Crippen LogP contribution is -2.44. The van der Waals surface area contributed by atoms with Crippen LogP contribution < -0.4 is 9.77 Å². The second kappa shape index (κ2) is 10.9. The lowest BCUT2D eigenvalue weighted by Gasteiger charge is -2.43. The predicted octanol–water partition coefficient (Wildman–Crippen LogP) is 5.05. The standard InChI is InChI=1S/C36H39N3O5S2/c1-19-5-11-22(12-6-19)39-32(41)28-23-17-24(29(28)33(39)42)30-27(23)26(20-7-9-21(10-8-20)36(2,3)4)31-34(45-30)38(35(43)46-31)18-25(40)37-13-15-44-16-14-37/h5-12,23-24,26-30H,13-18H2,1-4H3. The molecule has 1 aromatic heterocycles. The van der Waals surface area contributed by atoms with Gasteiger partial charge >= 0.3 is 4.87 Å². The van der Waals surface area contributed by atoms with Crippen LogP contribution in [-0.4, -0.2) is 58.7 Å². The number of morpholine rings is 1. The van der Waals surface area contributed by atoms with Gasteiger partial charge in [0, 0.05) is 29.1 Å². The molecule has 4 heterocycles. The minimum Gasteiger partial charge on any atom is -0.378 e. The second-order valence-corrected chi connectivity index (χ2v) is 16.7. The van der Waals surface area contributed by atoms with Gasteiger partial charge in [-0.15, -0.1) is 11.8 Å². The number of thiazole rings is 1. The van der Waals surface area contributed by atoms with Crippen molar-refractivity contribution in [2.45, 2.75) is 62.3 Å². The van der Waals surface area contributed by atoms with E-state index < -0.39 is 0 Å². The fourth-order valence-corrected chi connectivity index (χ4v) is 12.0. The maximum absolute atomic E-state index is 14.1. The molecule has 2 aliphatic carbocycles. The van der Waals surface area contributed by atoms with E-state index in [0.717, 1.165) is 27.5 Å². The summed E-state index contributed by atoms with van der Waals surface area (Å²) >= 11 is 2.93. The molecule has 3 aromatic rings. The van der Waals surface area contributed by atoms with Crippen LogP contribution >= 0.6 is 23.1 Å². The minimum absolute atomic E-state index is 0.00164. The number of rotatable bonds is 4. The summed E-state index contributed by atoms with van der Waals surface area (Å²) in [4.78, 5) is 59.3. The van der Waals surface area contributed by atoms with Gasteiger partial charge in [-0.2, -0.15) is 0 Å². The SMILES string of the molecule is Cc1ccc(N2C(=O)C3C4CC(C3C2=O)C2C(c3ccc(C(C)(C)C)cc3)c3sc(=O)n(CC(=O)N5CCOCC5)c3SC42)cc1. The van der Waals surface area contributed by atoms with Crippen LogP contribution in [0.4, 0.5) is 5.69 Å². The summed E-state index contributed by atoms with van der Waals surface area (Å²) in [5.74, 6) is -0.845. The highest BCUT2D eigenvalue weighted by Gasteiger charge is 2.69. The molecule has 2 saturated heterocycles. The number of hydrogen-bond donors (Lipinski definition) is 0. The Morgan fingerprint density at radius 1 is 0.913 bits per heavy atom. The third-order valence-corrected chi connectivity index (χ3v) is 13.8. The average Bonchev–Trinajstić information content (AvgIpc) is 3.76. The number of carbonyl (C=O) groups excluding carboxylic acids is 3. The Kier molecular flexibility index (Phi) is 7.16. The van der Waals surface area contributed by atoms with Crippen molar-refractivity contribution in [1.82, 2.24) is 9.47 Å². The van der Waals surface area contributed by atoms with Crippen molar-refractivity contribution in [3.63, 3.8) is 0 Å². The Labute approximate surface area is 277 Å². The largest absolute Gasteiger partial charge is 0.378 e. The lowest BCUT2D eigenvalue weighted by atomic mass is 9.68. The van der Waals surface area contributed by atoms with Gasteiger partial charge in [-0.05, 0) is 59.8 Å². The van der Waals surface area contributed by atoms with E-state index in [-0.39, 0.29) is 75.3 Å². The molecule has 0 N–H and O–H groups in total. The Morgan fingerprint density at radius 2 is 1.57 bits per heavy atom. The van der Waals surface area contributed by atoms with Gasteiger partial charge in [0.25, 0.3) is 0 Å². The summed E-state index contributed by atoms with van der Waals surface area (Å²) in [7, 11) is 0. The molecule has 5 aliphatic rings. The molecule has 10 heteroatoms. The van der Waals surface area contributed by atoms with Crippen molar-refractivity contribution in [1.29, 1.82) is 0 Å². The summed E-state index contributed by atoms with van der Waals surface area (Å²) in [5.41, 5.74) is 4.09. The number of amides is 3. The molecule has 8 rings (SSSR count). The van der Waals surface area contributed by atoms with Gasteiger partial charge in [0.15, 0.2) is 0 Å². The monoisotopic (exact) mass is 657 g/mol. The first-order chi connectivity index (χ1) is 22.0. The van der Waals surface area contributed by atoms with Crippen molar-refractivity contribution >= 4 is 46.5 Å². The third-order valence-electron chi connectivity index (χ3n) is 11.0. The van der Waals surface area contributed by atoms with E-state index in [1.165, 1.54) is 21.8 Å². The van der Waals surface area contributed by atoms with Crippen molar-refractivity contribution in [3.8, 4) is 0 Å². The van der Waals surface area contributed by atoms with E-state index in [9.17, 15) is 19.2 Å².